The summed E-state index contributed by atoms with van der Waals surface area (Å²) in [5, 5.41) is 9.07. The number of carboxylic acid groups (broad SMARTS) is 1. The Hall–Kier alpha value is -1.71. The lowest BCUT2D eigenvalue weighted by Gasteiger charge is -2.24. The molecule has 17 heavy (non-hydrogen) atoms. The Morgan fingerprint density at radius 3 is 2.71 bits per heavy atom. The second-order valence-electron chi connectivity index (χ2n) is 4.87. The number of carbonyl (C=O) groups is 1. The molecule has 1 aromatic carbocycles. The van der Waals surface area contributed by atoms with Gasteiger partial charge in [0, 0.05) is 13.3 Å². The van der Waals surface area contributed by atoms with Crippen LogP contribution in [0.4, 0.5) is 0 Å². The van der Waals surface area contributed by atoms with Gasteiger partial charge in [-0.2, -0.15) is 0 Å². The Labute approximate surface area is 100 Å². The van der Waals surface area contributed by atoms with Crippen LogP contribution in [-0.2, 0) is 0 Å². The summed E-state index contributed by atoms with van der Waals surface area (Å²) in [5.74, 6) is -0.514. The summed E-state index contributed by atoms with van der Waals surface area (Å²) in [6.07, 6.45) is 0.709. The Bertz CT molecular complexity index is 453. The summed E-state index contributed by atoms with van der Waals surface area (Å²) in [6.45, 7) is 5.97. The molecule has 1 aliphatic heterocycles. The number of ether oxygens (including phenoxy) is 2. The molecule has 4 heteroatoms. The molecule has 4 nitrogen and oxygen atoms in total. The predicted octanol–water partition coefficient (Wildman–Crippen LogP) is 2.92. The first-order valence-electron chi connectivity index (χ1n) is 5.65. The van der Waals surface area contributed by atoms with Crippen LogP contribution in [0, 0.1) is 5.92 Å². The van der Waals surface area contributed by atoms with Gasteiger partial charge in [-0.15, -0.1) is 0 Å². The minimum absolute atomic E-state index is 0.148. The zero-order valence-corrected chi connectivity index (χ0v) is 10.2. The second-order valence-corrected chi connectivity index (χ2v) is 4.87. The fraction of sp³-hybridized carbons (Fsp3) is 0.462. The molecule has 0 saturated carbocycles. The Balaban J connectivity index is 2.33. The fourth-order valence-corrected chi connectivity index (χ4v) is 2.16. The van der Waals surface area contributed by atoms with Crippen LogP contribution >= 0.6 is 0 Å². The summed E-state index contributed by atoms with van der Waals surface area (Å²) in [5.41, 5.74) is 0.148. The summed E-state index contributed by atoms with van der Waals surface area (Å²) in [4.78, 5) is 11.1. The SMILES string of the molecule is CC(C)C[C@@]1(C)Oc2cccc(C(=O)O)c2O1. The van der Waals surface area contributed by atoms with Gasteiger partial charge in [-0.1, -0.05) is 19.9 Å². The van der Waals surface area contributed by atoms with Crippen molar-refractivity contribution in [3.63, 3.8) is 0 Å². The molecule has 0 spiro atoms. The monoisotopic (exact) mass is 236 g/mol. The second kappa shape index (κ2) is 3.95. The molecular weight excluding hydrogens is 220 g/mol. The molecular formula is C13H16O4. The van der Waals surface area contributed by atoms with Crippen molar-refractivity contribution in [3.8, 4) is 11.5 Å². The lowest BCUT2D eigenvalue weighted by atomic mass is 10.0. The summed E-state index contributed by atoms with van der Waals surface area (Å²) >= 11 is 0. The van der Waals surface area contributed by atoms with Gasteiger partial charge in [-0.05, 0) is 18.1 Å². The van der Waals surface area contributed by atoms with Crippen LogP contribution in [0.15, 0.2) is 18.2 Å². The summed E-state index contributed by atoms with van der Waals surface area (Å²) in [6, 6.07) is 4.91. The summed E-state index contributed by atoms with van der Waals surface area (Å²) in [7, 11) is 0. The maximum absolute atomic E-state index is 11.1. The molecule has 2 rings (SSSR count). The van der Waals surface area contributed by atoms with Crippen molar-refractivity contribution in [2.75, 3.05) is 0 Å². The normalized spacial score (nSPS) is 21.9. The highest BCUT2D eigenvalue weighted by molar-refractivity contribution is 5.92. The third-order valence-electron chi connectivity index (χ3n) is 2.63. The molecule has 1 aromatic rings. The van der Waals surface area contributed by atoms with E-state index in [9.17, 15) is 4.79 Å². The minimum atomic E-state index is -1.00. The highest BCUT2D eigenvalue weighted by Crippen LogP contribution is 2.43. The number of fused-ring (bicyclic) bond motifs is 1. The molecule has 92 valence electrons. The molecule has 1 heterocycles. The molecule has 0 amide bonds. The lowest BCUT2D eigenvalue weighted by Crippen LogP contribution is -2.36. The summed E-state index contributed by atoms with van der Waals surface area (Å²) < 4.78 is 11.4. The number of para-hydroxylation sites is 1. The molecule has 0 bridgehead atoms. The van der Waals surface area contributed by atoms with Crippen molar-refractivity contribution in [2.45, 2.75) is 33.0 Å². The first-order chi connectivity index (χ1) is 7.91. The third-order valence-corrected chi connectivity index (χ3v) is 2.63. The quantitative estimate of drug-likeness (QED) is 0.876. The van der Waals surface area contributed by atoms with E-state index in [2.05, 4.69) is 13.8 Å². The van der Waals surface area contributed by atoms with Gasteiger partial charge >= 0.3 is 5.97 Å². The minimum Gasteiger partial charge on any atom is -0.478 e. The van der Waals surface area contributed by atoms with Crippen LogP contribution in [0.25, 0.3) is 0 Å². The molecule has 1 aliphatic rings. The fourth-order valence-electron chi connectivity index (χ4n) is 2.16. The predicted molar refractivity (Wildman–Crippen MR) is 62.5 cm³/mol. The maximum Gasteiger partial charge on any atom is 0.339 e. The van der Waals surface area contributed by atoms with Crippen LogP contribution < -0.4 is 9.47 Å². The maximum atomic E-state index is 11.1. The van der Waals surface area contributed by atoms with Gasteiger partial charge in [0.1, 0.15) is 5.56 Å². The van der Waals surface area contributed by atoms with Gasteiger partial charge in [0.2, 0.25) is 5.79 Å². The molecule has 0 aliphatic carbocycles. The molecule has 0 aromatic heterocycles. The van der Waals surface area contributed by atoms with Crippen molar-refractivity contribution in [1.82, 2.24) is 0 Å². The van der Waals surface area contributed by atoms with E-state index >= 15 is 0 Å². The Kier molecular flexibility index (Phi) is 2.73. The van der Waals surface area contributed by atoms with Crippen LogP contribution in [0.3, 0.4) is 0 Å². The highest BCUT2D eigenvalue weighted by atomic mass is 16.7. The third kappa shape index (κ3) is 2.20. The van der Waals surface area contributed by atoms with E-state index in [4.69, 9.17) is 14.6 Å². The molecule has 0 radical (unpaired) electrons. The van der Waals surface area contributed by atoms with Crippen molar-refractivity contribution in [3.05, 3.63) is 23.8 Å². The largest absolute Gasteiger partial charge is 0.478 e. The van der Waals surface area contributed by atoms with Gasteiger partial charge in [-0.3, -0.25) is 0 Å². The van der Waals surface area contributed by atoms with E-state index in [0.717, 1.165) is 0 Å². The number of carboxylic acids is 1. The van der Waals surface area contributed by atoms with Crippen LogP contribution in [0.2, 0.25) is 0 Å². The van der Waals surface area contributed by atoms with Gasteiger partial charge in [0.25, 0.3) is 0 Å². The first kappa shape index (κ1) is 11.8. The molecule has 0 saturated heterocycles. The van der Waals surface area contributed by atoms with E-state index in [1.165, 1.54) is 6.07 Å². The van der Waals surface area contributed by atoms with Crippen molar-refractivity contribution in [1.29, 1.82) is 0 Å². The van der Waals surface area contributed by atoms with Crippen molar-refractivity contribution in [2.24, 2.45) is 5.92 Å². The highest BCUT2D eigenvalue weighted by Gasteiger charge is 2.39. The van der Waals surface area contributed by atoms with Crippen LogP contribution in [0.1, 0.15) is 37.6 Å². The average molecular weight is 236 g/mol. The van der Waals surface area contributed by atoms with E-state index < -0.39 is 11.8 Å². The first-order valence-corrected chi connectivity index (χ1v) is 5.65. The smallest absolute Gasteiger partial charge is 0.339 e. The average Bonchev–Trinajstić information content (AvgIpc) is 2.50. The van der Waals surface area contributed by atoms with E-state index in [1.54, 1.807) is 12.1 Å². The standard InChI is InChI=1S/C13H16O4/c1-8(2)7-13(3)16-10-6-4-5-9(12(14)15)11(10)17-13/h4-6,8H,7H2,1-3H3,(H,14,15)/t13-/m0/s1. The number of rotatable bonds is 3. The van der Waals surface area contributed by atoms with Crippen LogP contribution in [-0.4, -0.2) is 16.9 Å². The number of hydrogen-bond acceptors (Lipinski definition) is 3. The number of aromatic carboxylic acids is 1. The lowest BCUT2D eigenvalue weighted by molar-refractivity contribution is -0.0768. The van der Waals surface area contributed by atoms with E-state index in [0.29, 0.717) is 23.8 Å². The number of benzene rings is 1. The Morgan fingerprint density at radius 2 is 2.12 bits per heavy atom. The number of hydrogen-bond donors (Lipinski definition) is 1. The van der Waals surface area contributed by atoms with Crippen molar-refractivity contribution < 1.29 is 19.4 Å². The zero-order valence-electron chi connectivity index (χ0n) is 10.2. The molecule has 1 N–H and O–H groups in total. The molecule has 1 atom stereocenters. The van der Waals surface area contributed by atoms with Gasteiger partial charge in [0.15, 0.2) is 11.5 Å². The zero-order chi connectivity index (χ0) is 12.6. The van der Waals surface area contributed by atoms with E-state index in [1.807, 2.05) is 6.92 Å². The Morgan fingerprint density at radius 1 is 1.41 bits per heavy atom. The van der Waals surface area contributed by atoms with E-state index in [-0.39, 0.29) is 5.56 Å². The molecule has 0 fully saturated rings. The topological polar surface area (TPSA) is 55.8 Å². The van der Waals surface area contributed by atoms with Crippen LogP contribution in [0.5, 0.6) is 11.5 Å². The van der Waals surface area contributed by atoms with Gasteiger partial charge in [-0.25, -0.2) is 4.79 Å². The molecule has 0 unspecified atom stereocenters. The van der Waals surface area contributed by atoms with Crippen molar-refractivity contribution >= 4 is 5.97 Å². The van der Waals surface area contributed by atoms with Gasteiger partial charge < -0.3 is 14.6 Å². The van der Waals surface area contributed by atoms with Gasteiger partial charge in [0.05, 0.1) is 0 Å².